The Morgan fingerprint density at radius 1 is 0.257 bits per heavy atom. The molecule has 0 aliphatic carbocycles. The van der Waals surface area contributed by atoms with Gasteiger partial charge in [0.1, 0.15) is 0 Å². The fraction of sp³-hybridized carbons (Fsp3) is 0.273. The highest BCUT2D eigenvalue weighted by atomic mass is 15.1. The zero-order valence-corrected chi connectivity index (χ0v) is 44.1. The molecular weight excluding hydrogens is 849 g/mol. The van der Waals surface area contributed by atoms with Gasteiger partial charge in [-0.05, 0) is 167 Å². The molecule has 0 saturated carbocycles. The maximum absolute atomic E-state index is 3.63. The Morgan fingerprint density at radius 3 is 0.771 bits per heavy atom. The normalized spacial score (nSPS) is 12.4. The molecule has 0 saturated heterocycles. The van der Waals surface area contributed by atoms with Crippen molar-refractivity contribution in [3.8, 4) is 0 Å². The summed E-state index contributed by atoms with van der Waals surface area (Å²) in [6.07, 6.45) is 0. The first-order valence-electron chi connectivity index (χ1n) is 25.1. The van der Waals surface area contributed by atoms with Crippen molar-refractivity contribution in [3.05, 3.63) is 203 Å². The van der Waals surface area contributed by atoms with E-state index in [4.69, 9.17) is 0 Å². The second-order valence-electron chi connectivity index (χ2n) is 23.7. The molecule has 356 valence electrons. The first-order valence-corrected chi connectivity index (χ1v) is 25.1. The van der Waals surface area contributed by atoms with Gasteiger partial charge in [-0.3, -0.25) is 0 Å². The summed E-state index contributed by atoms with van der Waals surface area (Å²) >= 11 is 0. The monoisotopic (exact) mass is 921 g/mol. The third-order valence-corrected chi connectivity index (χ3v) is 14.0. The van der Waals surface area contributed by atoms with E-state index in [1.54, 1.807) is 0 Å². The Labute approximate surface area is 417 Å². The van der Waals surface area contributed by atoms with Crippen LogP contribution in [-0.4, -0.2) is 9.97 Å². The number of aryl methyl sites for hydroxylation is 2. The Kier molecular flexibility index (Phi) is 12.4. The van der Waals surface area contributed by atoms with Crippen LogP contribution < -0.4 is 9.80 Å². The van der Waals surface area contributed by atoms with Gasteiger partial charge in [-0.2, -0.15) is 0 Å². The van der Waals surface area contributed by atoms with Gasteiger partial charge < -0.3 is 19.8 Å². The number of benzene rings is 8. The van der Waals surface area contributed by atoms with Crippen LogP contribution in [0.5, 0.6) is 0 Å². The van der Waals surface area contributed by atoms with Gasteiger partial charge in [0.05, 0.1) is 0 Å². The topological polar surface area (TPSA) is 38.1 Å². The van der Waals surface area contributed by atoms with Gasteiger partial charge in [0.15, 0.2) is 0 Å². The molecular formula is C66H72N4. The van der Waals surface area contributed by atoms with E-state index in [9.17, 15) is 0 Å². The minimum absolute atomic E-state index is 0.102. The lowest BCUT2D eigenvalue weighted by atomic mass is 9.86. The van der Waals surface area contributed by atoms with Crippen molar-refractivity contribution < 1.29 is 0 Å². The first-order chi connectivity index (χ1) is 33.0. The number of anilines is 6. The largest absolute Gasteiger partial charge is 0.355 e. The Morgan fingerprint density at radius 2 is 0.486 bits per heavy atom. The SMILES string of the molecule is CC(C)(C)c1ccc(N(c2ccc(C(C)(C)C)cc2)c2ccc3[nH]c4ccc(C(C)(C)C)cc4c3c2)cc1.Cc1ccc(N(c2ccc(C)cc2)c2ccc3[nH]c4ccc(C(C)(C)C)cc4c3c2)cc1. The molecule has 10 aromatic rings. The quantitative estimate of drug-likeness (QED) is 0.174. The molecule has 2 aromatic heterocycles. The molecule has 0 aliphatic rings. The highest BCUT2D eigenvalue weighted by Crippen LogP contribution is 2.42. The number of hydrogen-bond acceptors (Lipinski definition) is 2. The van der Waals surface area contributed by atoms with Gasteiger partial charge >= 0.3 is 0 Å². The van der Waals surface area contributed by atoms with Crippen molar-refractivity contribution in [2.75, 3.05) is 9.80 Å². The van der Waals surface area contributed by atoms with Crippen LogP contribution in [0.2, 0.25) is 0 Å². The molecule has 0 aliphatic heterocycles. The van der Waals surface area contributed by atoms with Crippen molar-refractivity contribution in [3.63, 3.8) is 0 Å². The summed E-state index contributed by atoms with van der Waals surface area (Å²) in [4.78, 5) is 11.9. The van der Waals surface area contributed by atoms with Gasteiger partial charge in [0.2, 0.25) is 0 Å². The molecule has 4 heteroatoms. The maximum Gasteiger partial charge on any atom is 0.0469 e. The highest BCUT2D eigenvalue weighted by molar-refractivity contribution is 6.10. The number of nitrogens with zero attached hydrogens (tertiary/aromatic N) is 2. The van der Waals surface area contributed by atoms with E-state index in [1.807, 2.05) is 0 Å². The summed E-state index contributed by atoms with van der Waals surface area (Å²) in [6, 6.07) is 62.8. The third kappa shape index (κ3) is 9.88. The zero-order chi connectivity index (χ0) is 49.9. The van der Waals surface area contributed by atoms with Crippen LogP contribution in [0, 0.1) is 13.8 Å². The Balaban J connectivity index is 0.000000176. The van der Waals surface area contributed by atoms with E-state index in [-0.39, 0.29) is 21.7 Å². The average Bonchev–Trinajstić information content (AvgIpc) is 3.87. The summed E-state index contributed by atoms with van der Waals surface area (Å²) in [7, 11) is 0. The molecule has 2 heterocycles. The maximum atomic E-state index is 3.63. The molecule has 8 aromatic carbocycles. The number of nitrogens with one attached hydrogen (secondary N) is 2. The predicted octanol–water partition coefficient (Wildman–Crippen LogP) is 19.4. The second kappa shape index (κ2) is 18.0. The van der Waals surface area contributed by atoms with Crippen molar-refractivity contribution in [1.29, 1.82) is 0 Å². The third-order valence-electron chi connectivity index (χ3n) is 14.0. The van der Waals surface area contributed by atoms with Crippen molar-refractivity contribution >= 4 is 77.7 Å². The minimum atomic E-state index is 0.102. The number of fused-ring (bicyclic) bond motifs is 6. The molecule has 0 fully saturated rings. The van der Waals surface area contributed by atoms with Gasteiger partial charge in [-0.1, -0.05) is 155 Å². The summed E-state index contributed by atoms with van der Waals surface area (Å²) in [5.41, 5.74) is 20.0. The summed E-state index contributed by atoms with van der Waals surface area (Å²) < 4.78 is 0. The van der Waals surface area contributed by atoms with E-state index < -0.39 is 0 Å². The van der Waals surface area contributed by atoms with E-state index in [0.29, 0.717) is 0 Å². The highest BCUT2D eigenvalue weighted by Gasteiger charge is 2.22. The predicted molar refractivity (Wildman–Crippen MR) is 305 cm³/mol. The molecule has 70 heavy (non-hydrogen) atoms. The van der Waals surface area contributed by atoms with Crippen LogP contribution in [0.1, 0.15) is 116 Å². The van der Waals surface area contributed by atoms with Crippen LogP contribution in [-0.2, 0) is 21.7 Å². The fourth-order valence-corrected chi connectivity index (χ4v) is 9.48. The van der Waals surface area contributed by atoms with E-state index >= 15 is 0 Å². The molecule has 10 rings (SSSR count). The molecule has 0 atom stereocenters. The molecule has 0 amide bonds. The molecule has 0 spiro atoms. The molecule has 0 bridgehead atoms. The molecule has 2 N–H and O–H groups in total. The van der Waals surface area contributed by atoms with Crippen LogP contribution in [0.15, 0.2) is 170 Å². The number of hydrogen-bond donors (Lipinski definition) is 2. The zero-order valence-electron chi connectivity index (χ0n) is 44.1. The average molecular weight is 921 g/mol. The second-order valence-corrected chi connectivity index (χ2v) is 23.7. The molecule has 0 unspecified atom stereocenters. The summed E-state index contributed by atoms with van der Waals surface area (Å²) in [5.74, 6) is 0. The summed E-state index contributed by atoms with van der Waals surface area (Å²) in [6.45, 7) is 31.5. The molecule has 0 radical (unpaired) electrons. The molecule has 4 nitrogen and oxygen atoms in total. The van der Waals surface area contributed by atoms with Crippen LogP contribution >= 0.6 is 0 Å². The van der Waals surface area contributed by atoms with Crippen molar-refractivity contribution in [1.82, 2.24) is 9.97 Å². The van der Waals surface area contributed by atoms with Crippen LogP contribution in [0.4, 0.5) is 34.1 Å². The standard InChI is InChI=1S/C36H42N2.C30H30N2/c1-34(2,3)24-10-15-27(16-11-24)38(28-17-12-25(13-18-28)35(4,5)6)29-19-21-33-31(23-29)30-22-26(36(7,8)9)14-20-32(30)37-33;1-20-6-11-23(12-7-20)32(24-13-8-21(2)9-14-24)25-15-17-29-27(19-25)26-18-22(30(3,4)5)10-16-28(26)31-29/h10-23,37H,1-9H3;6-19,31H,1-5H3. The van der Waals surface area contributed by atoms with E-state index in [0.717, 1.165) is 34.1 Å². The Bertz CT molecular complexity index is 3340. The van der Waals surface area contributed by atoms with Gasteiger partial charge in [0, 0.05) is 77.7 Å². The van der Waals surface area contributed by atoms with Gasteiger partial charge in [-0.15, -0.1) is 0 Å². The van der Waals surface area contributed by atoms with Crippen molar-refractivity contribution in [2.24, 2.45) is 0 Å². The van der Waals surface area contributed by atoms with Crippen molar-refractivity contribution in [2.45, 2.75) is 119 Å². The van der Waals surface area contributed by atoms with Crippen LogP contribution in [0.25, 0.3) is 43.6 Å². The first kappa shape index (κ1) is 48.0. The Hall–Kier alpha value is -7.04. The number of H-pyrrole nitrogens is 2. The van der Waals surface area contributed by atoms with Crippen LogP contribution in [0.3, 0.4) is 0 Å². The fourth-order valence-electron chi connectivity index (χ4n) is 9.48. The van der Waals surface area contributed by atoms with E-state index in [2.05, 4.69) is 287 Å². The minimum Gasteiger partial charge on any atom is -0.355 e. The smallest absolute Gasteiger partial charge is 0.0469 e. The number of rotatable bonds is 6. The van der Waals surface area contributed by atoms with Gasteiger partial charge in [-0.25, -0.2) is 0 Å². The lowest BCUT2D eigenvalue weighted by Gasteiger charge is -2.28. The number of aromatic amines is 2. The lowest BCUT2D eigenvalue weighted by molar-refractivity contribution is 0.590. The van der Waals surface area contributed by atoms with E-state index in [1.165, 1.54) is 77.0 Å². The summed E-state index contributed by atoms with van der Waals surface area (Å²) in [5, 5.41) is 5.07. The van der Waals surface area contributed by atoms with Gasteiger partial charge in [0.25, 0.3) is 0 Å². The lowest BCUT2D eigenvalue weighted by Crippen LogP contribution is -2.14. The number of aromatic nitrogens is 2.